The zero-order chi connectivity index (χ0) is 27.8. The smallest absolute Gasteiger partial charge is 0.254 e. The van der Waals surface area contributed by atoms with E-state index in [-0.39, 0.29) is 5.91 Å². The first kappa shape index (κ1) is 28.1. The van der Waals surface area contributed by atoms with Gasteiger partial charge in [-0.15, -0.1) is 0 Å². The summed E-state index contributed by atoms with van der Waals surface area (Å²) in [6, 6.07) is 19.1. The Labute approximate surface area is 231 Å². The summed E-state index contributed by atoms with van der Waals surface area (Å²) in [6.07, 6.45) is 4.46. The largest absolute Gasteiger partial charge is 0.497 e. The number of carbonyl (C=O) groups excluding carboxylic acids is 1. The van der Waals surface area contributed by atoms with Gasteiger partial charge >= 0.3 is 0 Å². The Hall–Kier alpha value is -3.96. The highest BCUT2D eigenvalue weighted by atomic mass is 16.5. The first-order chi connectivity index (χ1) is 18.9. The minimum Gasteiger partial charge on any atom is -0.497 e. The van der Waals surface area contributed by atoms with Gasteiger partial charge in [-0.2, -0.15) is 5.26 Å². The molecule has 8 heteroatoms. The van der Waals surface area contributed by atoms with Crippen LogP contribution in [0.2, 0.25) is 0 Å². The van der Waals surface area contributed by atoms with E-state index in [0.29, 0.717) is 41.1 Å². The van der Waals surface area contributed by atoms with Crippen LogP contribution in [0.25, 0.3) is 0 Å². The van der Waals surface area contributed by atoms with Crippen molar-refractivity contribution in [2.45, 2.75) is 58.7 Å². The van der Waals surface area contributed by atoms with Gasteiger partial charge < -0.3 is 19.9 Å². The molecule has 1 aliphatic rings. The molecule has 2 aromatic carbocycles. The van der Waals surface area contributed by atoms with Gasteiger partial charge in [0.15, 0.2) is 0 Å². The molecule has 1 N–H and O–H groups in total. The van der Waals surface area contributed by atoms with E-state index in [1.54, 1.807) is 7.11 Å². The number of benzene rings is 2. The van der Waals surface area contributed by atoms with E-state index in [0.717, 1.165) is 55.9 Å². The molecule has 0 saturated carbocycles. The Balaban J connectivity index is 1.35. The standard InChI is InChI=1S/C31H38N6O2/c1-22(12-15-33-31(38)30-23(2)34-21-35-24(30)3)36-16-13-28(14-17-36)37(27-8-10-29(39-4)11-9-27)20-26-7-5-6-25(18-26)19-32/h5-11,18,21-22,28H,12-17,20H2,1-4H3,(H,33,38). The van der Waals surface area contributed by atoms with E-state index in [9.17, 15) is 10.1 Å². The molecular weight excluding hydrogens is 488 g/mol. The van der Waals surface area contributed by atoms with Gasteiger partial charge in [-0.1, -0.05) is 12.1 Å². The van der Waals surface area contributed by atoms with Crippen molar-refractivity contribution in [3.63, 3.8) is 0 Å². The van der Waals surface area contributed by atoms with Crippen LogP contribution in [0.4, 0.5) is 5.69 Å². The van der Waals surface area contributed by atoms with E-state index in [1.165, 1.54) is 6.33 Å². The Kier molecular flexibility index (Phi) is 9.50. The van der Waals surface area contributed by atoms with Crippen LogP contribution in [-0.2, 0) is 6.54 Å². The summed E-state index contributed by atoms with van der Waals surface area (Å²) >= 11 is 0. The van der Waals surface area contributed by atoms with E-state index in [4.69, 9.17) is 4.74 Å². The van der Waals surface area contributed by atoms with Crippen LogP contribution in [0.1, 0.15) is 59.1 Å². The lowest BCUT2D eigenvalue weighted by Crippen LogP contribution is -2.48. The molecule has 1 saturated heterocycles. The predicted molar refractivity (Wildman–Crippen MR) is 153 cm³/mol. The number of likely N-dealkylation sites (tertiary alicyclic amines) is 1. The van der Waals surface area contributed by atoms with Crippen LogP contribution >= 0.6 is 0 Å². The average molecular weight is 527 g/mol. The molecule has 0 bridgehead atoms. The third-order valence-corrected chi connectivity index (χ3v) is 7.68. The molecule has 204 valence electrons. The third-order valence-electron chi connectivity index (χ3n) is 7.68. The second-order valence-electron chi connectivity index (χ2n) is 10.2. The number of aromatic nitrogens is 2. The number of anilines is 1. The number of nitrogens with one attached hydrogen (secondary N) is 1. The van der Waals surface area contributed by atoms with E-state index in [2.05, 4.69) is 56.3 Å². The van der Waals surface area contributed by atoms with Crippen molar-refractivity contribution in [2.24, 2.45) is 0 Å². The normalized spacial score (nSPS) is 14.8. The Morgan fingerprint density at radius 3 is 2.49 bits per heavy atom. The zero-order valence-corrected chi connectivity index (χ0v) is 23.4. The molecule has 2 heterocycles. The van der Waals surface area contributed by atoms with Crippen molar-refractivity contribution in [1.29, 1.82) is 5.26 Å². The highest BCUT2D eigenvalue weighted by Crippen LogP contribution is 2.28. The molecule has 4 rings (SSSR count). The van der Waals surface area contributed by atoms with Gasteiger partial charge in [-0.3, -0.25) is 4.79 Å². The van der Waals surface area contributed by atoms with Crippen molar-refractivity contribution >= 4 is 11.6 Å². The van der Waals surface area contributed by atoms with Crippen LogP contribution in [0.15, 0.2) is 54.9 Å². The van der Waals surface area contributed by atoms with E-state index in [1.807, 2.05) is 44.2 Å². The Morgan fingerprint density at radius 1 is 1.15 bits per heavy atom. The van der Waals surface area contributed by atoms with Crippen molar-refractivity contribution in [1.82, 2.24) is 20.2 Å². The molecule has 1 amide bonds. The number of ether oxygens (including phenoxy) is 1. The van der Waals surface area contributed by atoms with E-state index >= 15 is 0 Å². The number of amides is 1. The Morgan fingerprint density at radius 2 is 1.85 bits per heavy atom. The van der Waals surface area contributed by atoms with Gasteiger partial charge in [0.2, 0.25) is 0 Å². The number of carbonyl (C=O) groups is 1. The molecule has 0 radical (unpaired) electrons. The van der Waals surface area contributed by atoms with Gasteiger partial charge in [-0.05, 0) is 82.0 Å². The molecule has 0 aliphatic carbocycles. The fraction of sp³-hybridized carbons (Fsp3) is 0.419. The van der Waals surface area contributed by atoms with Crippen molar-refractivity contribution in [2.75, 3.05) is 31.6 Å². The lowest BCUT2D eigenvalue weighted by atomic mass is 9.99. The summed E-state index contributed by atoms with van der Waals surface area (Å²) in [5, 5.41) is 12.4. The van der Waals surface area contributed by atoms with Crippen molar-refractivity contribution in [3.8, 4) is 11.8 Å². The number of piperidine rings is 1. The minimum absolute atomic E-state index is 0.105. The second-order valence-corrected chi connectivity index (χ2v) is 10.2. The molecule has 3 aromatic rings. The van der Waals surface area contributed by atoms with Crippen molar-refractivity contribution in [3.05, 3.63) is 82.9 Å². The molecule has 39 heavy (non-hydrogen) atoms. The first-order valence-electron chi connectivity index (χ1n) is 13.6. The summed E-state index contributed by atoms with van der Waals surface area (Å²) in [5.41, 5.74) is 4.95. The lowest BCUT2D eigenvalue weighted by Gasteiger charge is -2.42. The minimum atomic E-state index is -0.105. The molecule has 0 spiro atoms. The van der Waals surface area contributed by atoms with Crippen LogP contribution < -0.4 is 15.0 Å². The van der Waals surface area contributed by atoms with Crippen LogP contribution in [0, 0.1) is 25.2 Å². The predicted octanol–water partition coefficient (Wildman–Crippen LogP) is 4.65. The summed E-state index contributed by atoms with van der Waals surface area (Å²) in [4.78, 5) is 26.0. The fourth-order valence-electron chi connectivity index (χ4n) is 5.37. The number of rotatable bonds is 10. The number of nitrogens with zero attached hydrogens (tertiary/aromatic N) is 5. The number of nitriles is 1. The summed E-state index contributed by atoms with van der Waals surface area (Å²) < 4.78 is 5.37. The number of methoxy groups -OCH3 is 1. The SMILES string of the molecule is COc1ccc(N(Cc2cccc(C#N)c2)C2CCN(C(C)CCNC(=O)c3c(C)ncnc3C)CC2)cc1. The average Bonchev–Trinajstić information content (AvgIpc) is 2.96. The van der Waals surface area contributed by atoms with Crippen LogP contribution in [0.3, 0.4) is 0 Å². The number of hydrogen-bond donors (Lipinski definition) is 1. The van der Waals surface area contributed by atoms with Crippen LogP contribution in [0.5, 0.6) is 5.75 Å². The van der Waals surface area contributed by atoms with Gasteiger partial charge in [0.25, 0.3) is 5.91 Å². The first-order valence-corrected chi connectivity index (χ1v) is 13.6. The summed E-state index contributed by atoms with van der Waals surface area (Å²) in [6.45, 7) is 9.27. The molecule has 8 nitrogen and oxygen atoms in total. The third kappa shape index (κ3) is 7.12. The molecular formula is C31H38N6O2. The van der Waals surface area contributed by atoms with Gasteiger partial charge in [0.1, 0.15) is 12.1 Å². The van der Waals surface area contributed by atoms with Gasteiger partial charge in [0.05, 0.1) is 35.7 Å². The molecule has 1 fully saturated rings. The second kappa shape index (κ2) is 13.2. The molecule has 1 aliphatic heterocycles. The monoisotopic (exact) mass is 526 g/mol. The number of hydrogen-bond acceptors (Lipinski definition) is 7. The summed E-state index contributed by atoms with van der Waals surface area (Å²) in [5.74, 6) is 0.734. The van der Waals surface area contributed by atoms with Crippen LogP contribution in [-0.4, -0.2) is 59.6 Å². The topological polar surface area (TPSA) is 94.4 Å². The maximum absolute atomic E-state index is 12.7. The van der Waals surface area contributed by atoms with Gasteiger partial charge in [-0.25, -0.2) is 9.97 Å². The van der Waals surface area contributed by atoms with E-state index < -0.39 is 0 Å². The van der Waals surface area contributed by atoms with Gasteiger partial charge in [0, 0.05) is 44.0 Å². The molecule has 1 aromatic heterocycles. The summed E-state index contributed by atoms with van der Waals surface area (Å²) in [7, 11) is 1.68. The highest BCUT2D eigenvalue weighted by molar-refractivity contribution is 5.96. The molecule has 1 unspecified atom stereocenters. The maximum Gasteiger partial charge on any atom is 0.254 e. The fourth-order valence-corrected chi connectivity index (χ4v) is 5.37. The number of aryl methyl sites for hydroxylation is 2. The lowest BCUT2D eigenvalue weighted by molar-refractivity contribution is 0.0943. The zero-order valence-electron chi connectivity index (χ0n) is 23.4. The Bertz CT molecular complexity index is 1270. The highest BCUT2D eigenvalue weighted by Gasteiger charge is 2.27. The van der Waals surface area contributed by atoms with Crippen molar-refractivity contribution < 1.29 is 9.53 Å². The maximum atomic E-state index is 12.7. The molecule has 1 atom stereocenters. The quantitative estimate of drug-likeness (QED) is 0.411.